The van der Waals surface area contributed by atoms with Crippen molar-refractivity contribution in [2.24, 2.45) is 0 Å². The van der Waals surface area contributed by atoms with Crippen LogP contribution in [0.1, 0.15) is 0 Å². The number of fused-ring (bicyclic) bond motifs is 1. The summed E-state index contributed by atoms with van der Waals surface area (Å²) in [6.45, 7) is 0. The number of aromatic nitrogens is 1. The van der Waals surface area contributed by atoms with Crippen LogP contribution in [0.3, 0.4) is 0 Å². The van der Waals surface area contributed by atoms with Gasteiger partial charge in [0.15, 0.2) is 5.58 Å². The van der Waals surface area contributed by atoms with Crippen molar-refractivity contribution in [3.8, 4) is 17.2 Å². The van der Waals surface area contributed by atoms with Crippen molar-refractivity contribution >= 4 is 28.4 Å². The molecule has 3 aromatic rings. The maximum absolute atomic E-state index is 9.83. The van der Waals surface area contributed by atoms with Gasteiger partial charge in [0.2, 0.25) is 5.89 Å². The summed E-state index contributed by atoms with van der Waals surface area (Å²) in [6.07, 6.45) is 0. The summed E-state index contributed by atoms with van der Waals surface area (Å²) < 4.78 is 5.56. The van der Waals surface area contributed by atoms with Crippen LogP contribution in [0, 0.1) is 0 Å². The number of nitrogens with zero attached hydrogens (tertiary/aromatic N) is 1. The predicted molar refractivity (Wildman–Crippen MR) is 70.5 cm³/mol. The Morgan fingerprint density at radius 2 is 2.06 bits per heavy atom. The minimum atomic E-state index is 0.0256. The maximum Gasteiger partial charge on any atom is 0.231 e. The van der Waals surface area contributed by atoms with Crippen LogP contribution in [0.4, 0.5) is 5.69 Å². The molecule has 1 aromatic heterocycles. The molecule has 90 valence electrons. The van der Waals surface area contributed by atoms with Crippen LogP contribution in [0.15, 0.2) is 40.8 Å². The van der Waals surface area contributed by atoms with Gasteiger partial charge in [-0.25, -0.2) is 4.98 Å². The molecule has 0 radical (unpaired) electrons. The first-order valence-electron chi connectivity index (χ1n) is 5.29. The smallest absolute Gasteiger partial charge is 0.231 e. The van der Waals surface area contributed by atoms with E-state index in [-0.39, 0.29) is 5.75 Å². The van der Waals surface area contributed by atoms with Crippen molar-refractivity contribution in [2.75, 3.05) is 5.73 Å². The minimum Gasteiger partial charge on any atom is -0.507 e. The molecule has 0 aliphatic carbocycles. The average molecular weight is 261 g/mol. The molecule has 0 aliphatic rings. The zero-order valence-corrected chi connectivity index (χ0v) is 9.98. The Morgan fingerprint density at radius 3 is 2.78 bits per heavy atom. The van der Waals surface area contributed by atoms with Gasteiger partial charge in [0.1, 0.15) is 11.3 Å². The van der Waals surface area contributed by atoms with Crippen LogP contribution in [0.5, 0.6) is 5.75 Å². The Kier molecular flexibility index (Phi) is 2.38. The van der Waals surface area contributed by atoms with Crippen molar-refractivity contribution in [1.29, 1.82) is 0 Å². The molecule has 1 heterocycles. The number of halogens is 1. The lowest BCUT2D eigenvalue weighted by Gasteiger charge is -2.00. The number of nitrogen functional groups attached to an aromatic ring is 1. The molecule has 5 heteroatoms. The van der Waals surface area contributed by atoms with Crippen LogP contribution in [-0.4, -0.2) is 10.1 Å². The highest BCUT2D eigenvalue weighted by atomic mass is 35.5. The Hall–Kier alpha value is -2.20. The highest BCUT2D eigenvalue weighted by Gasteiger charge is 2.13. The summed E-state index contributed by atoms with van der Waals surface area (Å²) in [7, 11) is 0. The second-order valence-electron chi connectivity index (χ2n) is 3.88. The number of aromatic hydroxyl groups is 1. The molecule has 4 nitrogen and oxygen atoms in total. The number of anilines is 1. The van der Waals surface area contributed by atoms with Crippen molar-refractivity contribution in [3.05, 3.63) is 41.4 Å². The topological polar surface area (TPSA) is 72.3 Å². The predicted octanol–water partition coefficient (Wildman–Crippen LogP) is 3.44. The third-order valence-electron chi connectivity index (χ3n) is 2.62. The van der Waals surface area contributed by atoms with E-state index in [9.17, 15) is 5.11 Å². The van der Waals surface area contributed by atoms with Crippen LogP contribution in [-0.2, 0) is 0 Å². The molecule has 0 saturated heterocycles. The number of hydrogen-bond donors (Lipinski definition) is 2. The van der Waals surface area contributed by atoms with E-state index in [0.29, 0.717) is 33.3 Å². The SMILES string of the molecule is Nc1ccc(-c2nc3cccc(Cl)c3o2)c(O)c1. The molecule has 0 aliphatic heterocycles. The summed E-state index contributed by atoms with van der Waals surface area (Å²) in [6, 6.07) is 10.1. The Labute approximate surface area is 108 Å². The van der Waals surface area contributed by atoms with Gasteiger partial charge in [-0.1, -0.05) is 17.7 Å². The van der Waals surface area contributed by atoms with E-state index in [1.54, 1.807) is 30.3 Å². The lowest BCUT2D eigenvalue weighted by molar-refractivity contribution is 0.474. The molecule has 0 unspecified atom stereocenters. The van der Waals surface area contributed by atoms with Gasteiger partial charge in [0.05, 0.1) is 10.6 Å². The monoisotopic (exact) mass is 260 g/mol. The molecule has 0 bridgehead atoms. The number of oxazole rings is 1. The van der Waals surface area contributed by atoms with E-state index in [0.717, 1.165) is 0 Å². The first-order chi connectivity index (χ1) is 8.65. The summed E-state index contributed by atoms with van der Waals surface area (Å²) in [5, 5.41) is 10.3. The molecule has 0 spiro atoms. The number of phenolic OH excluding ortho intramolecular Hbond substituents is 1. The zero-order chi connectivity index (χ0) is 12.7. The second kappa shape index (κ2) is 3.92. The standard InChI is InChI=1S/C13H9ClN2O2/c14-9-2-1-3-10-12(9)18-13(16-10)8-5-4-7(15)6-11(8)17/h1-6,17H,15H2. The number of hydrogen-bond acceptors (Lipinski definition) is 4. The van der Waals surface area contributed by atoms with Crippen molar-refractivity contribution in [2.45, 2.75) is 0 Å². The van der Waals surface area contributed by atoms with Crippen molar-refractivity contribution in [1.82, 2.24) is 4.98 Å². The number of rotatable bonds is 1. The molecular weight excluding hydrogens is 252 g/mol. The molecule has 0 fully saturated rings. The number of phenols is 1. The molecule has 0 saturated carbocycles. The fourth-order valence-corrected chi connectivity index (χ4v) is 1.97. The Balaban J connectivity index is 2.23. The summed E-state index contributed by atoms with van der Waals surface area (Å²) in [5.41, 5.74) is 7.68. The van der Waals surface area contributed by atoms with Gasteiger partial charge >= 0.3 is 0 Å². The van der Waals surface area contributed by atoms with Gasteiger partial charge in [-0.2, -0.15) is 0 Å². The fourth-order valence-electron chi connectivity index (χ4n) is 1.76. The molecule has 2 aromatic carbocycles. The Morgan fingerprint density at radius 1 is 1.22 bits per heavy atom. The van der Waals surface area contributed by atoms with Gasteiger partial charge in [-0.15, -0.1) is 0 Å². The van der Waals surface area contributed by atoms with Crippen LogP contribution < -0.4 is 5.73 Å². The number of nitrogens with two attached hydrogens (primary N) is 1. The Bertz CT molecular complexity index is 737. The van der Waals surface area contributed by atoms with Gasteiger partial charge in [-0.3, -0.25) is 0 Å². The van der Waals surface area contributed by atoms with E-state index in [1.165, 1.54) is 6.07 Å². The lowest BCUT2D eigenvalue weighted by atomic mass is 10.2. The summed E-state index contributed by atoms with van der Waals surface area (Å²) in [4.78, 5) is 4.28. The molecule has 0 amide bonds. The summed E-state index contributed by atoms with van der Waals surface area (Å²) in [5.74, 6) is 0.341. The highest BCUT2D eigenvalue weighted by molar-refractivity contribution is 6.34. The molecular formula is C13H9ClN2O2. The number of benzene rings is 2. The second-order valence-corrected chi connectivity index (χ2v) is 4.29. The molecule has 18 heavy (non-hydrogen) atoms. The van der Waals surface area contributed by atoms with Gasteiger partial charge in [0, 0.05) is 11.8 Å². The average Bonchev–Trinajstić information content (AvgIpc) is 2.74. The van der Waals surface area contributed by atoms with E-state index in [2.05, 4.69) is 4.98 Å². The van der Waals surface area contributed by atoms with E-state index in [4.69, 9.17) is 21.8 Å². The maximum atomic E-state index is 9.83. The van der Waals surface area contributed by atoms with Crippen LogP contribution in [0.25, 0.3) is 22.6 Å². The van der Waals surface area contributed by atoms with Crippen LogP contribution >= 0.6 is 11.6 Å². The van der Waals surface area contributed by atoms with Gasteiger partial charge < -0.3 is 15.3 Å². The molecule has 3 N–H and O–H groups in total. The summed E-state index contributed by atoms with van der Waals surface area (Å²) >= 11 is 6.01. The van der Waals surface area contributed by atoms with Crippen molar-refractivity contribution in [3.63, 3.8) is 0 Å². The third kappa shape index (κ3) is 1.67. The van der Waals surface area contributed by atoms with E-state index in [1.807, 2.05) is 0 Å². The van der Waals surface area contributed by atoms with Gasteiger partial charge in [0.25, 0.3) is 0 Å². The van der Waals surface area contributed by atoms with Crippen molar-refractivity contribution < 1.29 is 9.52 Å². The lowest BCUT2D eigenvalue weighted by Crippen LogP contribution is -1.85. The van der Waals surface area contributed by atoms with Crippen LogP contribution in [0.2, 0.25) is 5.02 Å². The number of para-hydroxylation sites is 1. The normalized spacial score (nSPS) is 10.9. The largest absolute Gasteiger partial charge is 0.507 e. The zero-order valence-electron chi connectivity index (χ0n) is 9.22. The van der Waals surface area contributed by atoms with Gasteiger partial charge in [-0.05, 0) is 24.3 Å². The first kappa shape index (κ1) is 10.9. The van der Waals surface area contributed by atoms with E-state index < -0.39 is 0 Å². The quantitative estimate of drug-likeness (QED) is 0.658. The van der Waals surface area contributed by atoms with E-state index >= 15 is 0 Å². The first-order valence-corrected chi connectivity index (χ1v) is 5.67. The molecule has 3 rings (SSSR count). The third-order valence-corrected chi connectivity index (χ3v) is 2.92. The highest BCUT2D eigenvalue weighted by Crippen LogP contribution is 2.34. The molecule has 0 atom stereocenters. The fraction of sp³-hybridized carbons (Fsp3) is 0. The minimum absolute atomic E-state index is 0.0256.